The highest BCUT2D eigenvalue weighted by atomic mass is 79.9. The Morgan fingerprint density at radius 3 is 2.22 bits per heavy atom. The quantitative estimate of drug-likeness (QED) is 0.834. The van der Waals surface area contributed by atoms with Crippen LogP contribution in [0, 0.1) is 13.8 Å². The van der Waals surface area contributed by atoms with Crippen molar-refractivity contribution in [3.63, 3.8) is 0 Å². The van der Waals surface area contributed by atoms with Crippen molar-refractivity contribution in [2.45, 2.75) is 39.6 Å². The van der Waals surface area contributed by atoms with E-state index in [1.54, 1.807) is 18.7 Å². The van der Waals surface area contributed by atoms with Crippen LogP contribution >= 0.6 is 15.9 Å². The van der Waals surface area contributed by atoms with E-state index in [2.05, 4.69) is 21.2 Å². The van der Waals surface area contributed by atoms with Crippen LogP contribution in [0.1, 0.15) is 25.0 Å². The van der Waals surface area contributed by atoms with E-state index in [1.807, 2.05) is 26.0 Å². The summed E-state index contributed by atoms with van der Waals surface area (Å²) in [5.41, 5.74) is 2.23. The molecule has 1 fully saturated rings. The molecule has 2 N–H and O–H groups in total. The Balaban J connectivity index is 2.52. The average Bonchev–Trinajstić information content (AvgIpc) is 2.44. The summed E-state index contributed by atoms with van der Waals surface area (Å²) < 4.78 is 1.05. The van der Waals surface area contributed by atoms with Crippen LogP contribution in [0.4, 0.5) is 5.69 Å². The second-order valence-electron chi connectivity index (χ2n) is 5.17. The maximum absolute atomic E-state index is 11.8. The summed E-state index contributed by atoms with van der Waals surface area (Å²) in [4.78, 5) is 13.5. The number of aryl methyl sites for hydroxylation is 2. The van der Waals surface area contributed by atoms with Crippen molar-refractivity contribution in [3.05, 3.63) is 27.7 Å². The van der Waals surface area contributed by atoms with Crippen molar-refractivity contribution >= 4 is 27.5 Å². The summed E-state index contributed by atoms with van der Waals surface area (Å²) in [5, 5.41) is 12.5. The summed E-state index contributed by atoms with van der Waals surface area (Å²) in [5.74, 6) is -0.173. The van der Waals surface area contributed by atoms with Gasteiger partial charge >= 0.3 is 0 Å². The summed E-state index contributed by atoms with van der Waals surface area (Å²) >= 11 is 3.51. The predicted molar refractivity (Wildman–Crippen MR) is 74.3 cm³/mol. The lowest BCUT2D eigenvalue weighted by Gasteiger charge is -2.32. The second-order valence-corrected chi connectivity index (χ2v) is 5.96. The molecule has 1 saturated heterocycles. The molecule has 0 saturated carbocycles. The van der Waals surface area contributed by atoms with Crippen molar-refractivity contribution in [2.24, 2.45) is 0 Å². The van der Waals surface area contributed by atoms with Crippen LogP contribution in [-0.2, 0) is 4.79 Å². The first kappa shape index (κ1) is 13.4. The van der Waals surface area contributed by atoms with E-state index < -0.39 is 11.9 Å². The molecule has 1 aliphatic rings. The van der Waals surface area contributed by atoms with E-state index in [-0.39, 0.29) is 5.91 Å². The number of aliphatic hydroxyl groups is 1. The number of anilines is 1. The number of benzene rings is 1. The molecule has 1 aromatic rings. The third kappa shape index (κ3) is 1.91. The van der Waals surface area contributed by atoms with Gasteiger partial charge in [0.05, 0.1) is 0 Å². The van der Waals surface area contributed by atoms with Gasteiger partial charge in [-0.2, -0.15) is 0 Å². The first-order chi connectivity index (χ1) is 8.25. The molecule has 1 amide bonds. The minimum atomic E-state index is -0.979. The Labute approximate surface area is 115 Å². The molecule has 1 aromatic carbocycles. The van der Waals surface area contributed by atoms with Gasteiger partial charge in [0, 0.05) is 10.2 Å². The molecule has 98 valence electrons. The maximum atomic E-state index is 11.8. The monoisotopic (exact) mass is 312 g/mol. The zero-order valence-electron chi connectivity index (χ0n) is 10.9. The standard InChI is InChI=1S/C13H17BrN2O2/c1-7-5-9(6-8(2)10(7)14)16-12(18)15-11(17)13(16,3)4/h5-6,12,18H,1-4H3,(H,15,17). The van der Waals surface area contributed by atoms with Crippen molar-refractivity contribution in [1.82, 2.24) is 5.32 Å². The molecule has 2 rings (SSSR count). The van der Waals surface area contributed by atoms with E-state index in [4.69, 9.17) is 0 Å². The number of halogens is 1. The van der Waals surface area contributed by atoms with Gasteiger partial charge in [0.15, 0.2) is 0 Å². The fourth-order valence-corrected chi connectivity index (χ4v) is 2.53. The normalized spacial score (nSPS) is 22.2. The SMILES string of the molecule is Cc1cc(N2C(O)NC(=O)C2(C)C)cc(C)c1Br. The van der Waals surface area contributed by atoms with E-state index in [0.717, 1.165) is 21.3 Å². The van der Waals surface area contributed by atoms with Crippen molar-refractivity contribution in [1.29, 1.82) is 0 Å². The van der Waals surface area contributed by atoms with Gasteiger partial charge in [-0.1, -0.05) is 15.9 Å². The fraction of sp³-hybridized carbons (Fsp3) is 0.462. The van der Waals surface area contributed by atoms with E-state index in [9.17, 15) is 9.90 Å². The van der Waals surface area contributed by atoms with E-state index in [0.29, 0.717) is 0 Å². The maximum Gasteiger partial charge on any atom is 0.248 e. The molecule has 1 unspecified atom stereocenters. The third-order valence-corrected chi connectivity index (χ3v) is 4.61. The van der Waals surface area contributed by atoms with Crippen molar-refractivity contribution in [2.75, 3.05) is 4.90 Å². The molecule has 1 heterocycles. The van der Waals surface area contributed by atoms with Crippen LogP contribution in [0.15, 0.2) is 16.6 Å². The Morgan fingerprint density at radius 2 is 1.83 bits per heavy atom. The molecule has 4 nitrogen and oxygen atoms in total. The molecular formula is C13H17BrN2O2. The van der Waals surface area contributed by atoms with Crippen molar-refractivity contribution in [3.8, 4) is 0 Å². The van der Waals surface area contributed by atoms with Gasteiger partial charge in [-0.3, -0.25) is 4.79 Å². The van der Waals surface area contributed by atoms with Gasteiger partial charge in [0.2, 0.25) is 12.3 Å². The largest absolute Gasteiger partial charge is 0.356 e. The Bertz CT molecular complexity index is 491. The van der Waals surface area contributed by atoms with Crippen molar-refractivity contribution < 1.29 is 9.90 Å². The second kappa shape index (κ2) is 4.24. The Kier molecular flexibility index (Phi) is 3.15. The number of nitrogens with zero attached hydrogens (tertiary/aromatic N) is 1. The molecule has 0 radical (unpaired) electrons. The number of carbonyl (C=O) groups is 1. The summed E-state index contributed by atoms with van der Waals surface area (Å²) in [6, 6.07) is 3.92. The lowest BCUT2D eigenvalue weighted by atomic mass is 10.0. The summed E-state index contributed by atoms with van der Waals surface area (Å²) in [6.07, 6.45) is -0.979. The number of rotatable bonds is 1. The number of hydrogen-bond acceptors (Lipinski definition) is 3. The summed E-state index contributed by atoms with van der Waals surface area (Å²) in [6.45, 7) is 7.58. The number of aliphatic hydroxyl groups excluding tert-OH is 1. The highest BCUT2D eigenvalue weighted by molar-refractivity contribution is 9.10. The fourth-order valence-electron chi connectivity index (χ4n) is 2.30. The topological polar surface area (TPSA) is 52.6 Å². The van der Waals surface area contributed by atoms with Crippen LogP contribution < -0.4 is 10.2 Å². The van der Waals surface area contributed by atoms with Gasteiger partial charge in [-0.15, -0.1) is 0 Å². The highest BCUT2D eigenvalue weighted by Crippen LogP contribution is 2.34. The minimum Gasteiger partial charge on any atom is -0.356 e. The molecule has 5 heteroatoms. The average molecular weight is 313 g/mol. The van der Waals surface area contributed by atoms with Gasteiger partial charge in [-0.05, 0) is 51.0 Å². The molecule has 0 spiro atoms. The lowest BCUT2D eigenvalue weighted by molar-refractivity contribution is -0.123. The lowest BCUT2D eigenvalue weighted by Crippen LogP contribution is -2.46. The van der Waals surface area contributed by atoms with Gasteiger partial charge < -0.3 is 15.3 Å². The minimum absolute atomic E-state index is 0.173. The van der Waals surface area contributed by atoms with Crippen LogP contribution in [0.5, 0.6) is 0 Å². The molecule has 0 aliphatic carbocycles. The van der Waals surface area contributed by atoms with E-state index in [1.165, 1.54) is 0 Å². The highest BCUT2D eigenvalue weighted by Gasteiger charge is 2.46. The number of hydrogen-bond donors (Lipinski definition) is 2. The first-order valence-corrected chi connectivity index (χ1v) is 6.59. The van der Waals surface area contributed by atoms with Crippen LogP contribution in [0.3, 0.4) is 0 Å². The van der Waals surface area contributed by atoms with Crippen LogP contribution in [0.2, 0.25) is 0 Å². The third-order valence-electron chi connectivity index (χ3n) is 3.36. The smallest absolute Gasteiger partial charge is 0.248 e. The predicted octanol–water partition coefficient (Wildman–Crippen LogP) is 2.06. The molecule has 1 aliphatic heterocycles. The van der Waals surface area contributed by atoms with Gasteiger partial charge in [0.1, 0.15) is 5.54 Å². The van der Waals surface area contributed by atoms with Crippen LogP contribution in [-0.4, -0.2) is 22.9 Å². The zero-order valence-corrected chi connectivity index (χ0v) is 12.5. The molecular weight excluding hydrogens is 296 g/mol. The van der Waals surface area contributed by atoms with Gasteiger partial charge in [0.25, 0.3) is 0 Å². The van der Waals surface area contributed by atoms with Crippen LogP contribution in [0.25, 0.3) is 0 Å². The Morgan fingerprint density at radius 1 is 1.33 bits per heavy atom. The van der Waals surface area contributed by atoms with Gasteiger partial charge in [-0.25, -0.2) is 0 Å². The van der Waals surface area contributed by atoms with E-state index >= 15 is 0 Å². The number of amides is 1. The molecule has 0 bridgehead atoms. The zero-order chi connectivity index (χ0) is 13.7. The molecule has 1 atom stereocenters. The summed E-state index contributed by atoms with van der Waals surface area (Å²) in [7, 11) is 0. The number of carbonyl (C=O) groups excluding carboxylic acids is 1. The number of nitrogens with one attached hydrogen (secondary N) is 1. The first-order valence-electron chi connectivity index (χ1n) is 5.80. The molecule has 18 heavy (non-hydrogen) atoms. The Hall–Kier alpha value is -1.07. The molecule has 0 aromatic heterocycles.